The van der Waals surface area contributed by atoms with Gasteiger partial charge in [-0.15, -0.1) is 0 Å². The third-order valence-corrected chi connectivity index (χ3v) is 6.01. The zero-order chi connectivity index (χ0) is 21.4. The van der Waals surface area contributed by atoms with Gasteiger partial charge in [0.05, 0.1) is 12.7 Å². The van der Waals surface area contributed by atoms with Gasteiger partial charge in [-0.3, -0.25) is 0 Å². The molecule has 0 spiro atoms. The van der Waals surface area contributed by atoms with Crippen molar-refractivity contribution < 1.29 is 29.2 Å². The fourth-order valence-corrected chi connectivity index (χ4v) is 4.36. The van der Waals surface area contributed by atoms with Gasteiger partial charge in [0.25, 0.3) is 0 Å². The Bertz CT molecular complexity index is 888. The highest BCUT2D eigenvalue weighted by atomic mass is 35.5. The van der Waals surface area contributed by atoms with Gasteiger partial charge in [0, 0.05) is 23.6 Å². The summed E-state index contributed by atoms with van der Waals surface area (Å²) in [6, 6.07) is 13.5. The number of fused-ring (bicyclic) bond motifs is 2. The highest BCUT2D eigenvalue weighted by Gasteiger charge is 2.63. The lowest BCUT2D eigenvalue weighted by molar-refractivity contribution is -0.348. The van der Waals surface area contributed by atoms with E-state index in [4.69, 9.17) is 30.5 Å². The van der Waals surface area contributed by atoms with Crippen LogP contribution in [0.15, 0.2) is 42.5 Å². The maximum Gasteiger partial charge on any atom is 0.224 e. The monoisotopic (exact) mass is 434 g/mol. The average molecular weight is 435 g/mol. The number of hydrogen-bond donors (Lipinski definition) is 2. The smallest absolute Gasteiger partial charge is 0.224 e. The highest BCUT2D eigenvalue weighted by molar-refractivity contribution is 6.31. The zero-order valence-corrected chi connectivity index (χ0v) is 17.9. The first-order chi connectivity index (χ1) is 14.4. The summed E-state index contributed by atoms with van der Waals surface area (Å²) in [5.41, 5.74) is 2.74. The maximum atomic E-state index is 10.5. The molecule has 7 heteroatoms. The molecular weight excluding hydrogens is 408 g/mol. The van der Waals surface area contributed by atoms with Crippen LogP contribution < -0.4 is 4.74 Å². The molecule has 4 rings (SSSR count). The first-order valence-electron chi connectivity index (χ1n) is 10.3. The van der Waals surface area contributed by atoms with Crippen molar-refractivity contribution in [2.75, 3.05) is 19.8 Å². The van der Waals surface area contributed by atoms with Crippen LogP contribution in [0, 0.1) is 0 Å². The first-order valence-corrected chi connectivity index (χ1v) is 10.6. The van der Waals surface area contributed by atoms with Gasteiger partial charge in [0.1, 0.15) is 18.5 Å². The lowest BCUT2D eigenvalue weighted by Gasteiger charge is -2.43. The first kappa shape index (κ1) is 21.6. The molecule has 0 amide bonds. The minimum Gasteiger partial charge on any atom is -0.494 e. The Morgan fingerprint density at radius 3 is 2.57 bits per heavy atom. The topological polar surface area (TPSA) is 77.4 Å². The average Bonchev–Trinajstić information content (AvgIpc) is 3.06. The molecule has 0 saturated carbocycles. The van der Waals surface area contributed by atoms with E-state index in [2.05, 4.69) is 0 Å². The summed E-state index contributed by atoms with van der Waals surface area (Å²) in [6.45, 7) is 4.75. The van der Waals surface area contributed by atoms with Gasteiger partial charge in [-0.05, 0) is 55.7 Å². The fourth-order valence-electron chi connectivity index (χ4n) is 4.18. The predicted molar refractivity (Wildman–Crippen MR) is 112 cm³/mol. The van der Waals surface area contributed by atoms with Gasteiger partial charge in [-0.2, -0.15) is 0 Å². The number of halogens is 1. The van der Waals surface area contributed by atoms with Crippen molar-refractivity contribution in [1.29, 1.82) is 0 Å². The van der Waals surface area contributed by atoms with Crippen LogP contribution in [-0.4, -0.2) is 48.0 Å². The van der Waals surface area contributed by atoms with Crippen molar-refractivity contribution in [1.82, 2.24) is 0 Å². The quantitative estimate of drug-likeness (QED) is 0.695. The Hall–Kier alpha value is -1.67. The molecule has 2 fully saturated rings. The number of ether oxygens (including phenoxy) is 4. The van der Waals surface area contributed by atoms with Crippen LogP contribution >= 0.6 is 11.6 Å². The van der Waals surface area contributed by atoms with Crippen LogP contribution in [0.2, 0.25) is 5.02 Å². The molecule has 0 radical (unpaired) electrons. The largest absolute Gasteiger partial charge is 0.494 e. The summed E-state index contributed by atoms with van der Waals surface area (Å²) >= 11 is 6.47. The van der Waals surface area contributed by atoms with E-state index in [1.54, 1.807) is 6.07 Å². The minimum absolute atomic E-state index is 0.0376. The number of hydrogen-bond acceptors (Lipinski definition) is 6. The van der Waals surface area contributed by atoms with Crippen molar-refractivity contribution in [3.05, 3.63) is 64.2 Å². The van der Waals surface area contributed by atoms with E-state index < -0.39 is 23.8 Å². The van der Waals surface area contributed by atoms with Gasteiger partial charge < -0.3 is 29.2 Å². The molecule has 2 aromatic rings. The zero-order valence-electron chi connectivity index (χ0n) is 17.1. The molecule has 2 heterocycles. The molecule has 162 valence electrons. The van der Waals surface area contributed by atoms with Crippen molar-refractivity contribution in [2.24, 2.45) is 0 Å². The van der Waals surface area contributed by atoms with E-state index >= 15 is 0 Å². The summed E-state index contributed by atoms with van der Waals surface area (Å²) in [5, 5.41) is 21.6. The second-order valence-corrected chi connectivity index (χ2v) is 8.07. The van der Waals surface area contributed by atoms with Crippen LogP contribution in [0.1, 0.15) is 37.0 Å². The maximum absolute atomic E-state index is 10.5. The van der Waals surface area contributed by atoms with Crippen LogP contribution in [-0.2, 0) is 26.4 Å². The molecule has 2 saturated heterocycles. The van der Waals surface area contributed by atoms with Crippen LogP contribution in [0.3, 0.4) is 0 Å². The molecule has 2 aliphatic heterocycles. The number of aliphatic hydroxyl groups excluding tert-OH is 2. The summed E-state index contributed by atoms with van der Waals surface area (Å²) in [4.78, 5) is 0. The SMILES string of the molecule is CCOc1ccc(Cc2cc([C@]34C[C@@H](O)[C@H](O)[C@](OCC)(CO3)O4)ccc2Cl)cc1. The molecule has 2 aromatic carbocycles. The lowest BCUT2D eigenvalue weighted by atomic mass is 9.90. The Morgan fingerprint density at radius 1 is 1.10 bits per heavy atom. The Labute approximate surface area is 181 Å². The Morgan fingerprint density at radius 2 is 1.87 bits per heavy atom. The highest BCUT2D eigenvalue weighted by Crippen LogP contribution is 2.50. The van der Waals surface area contributed by atoms with Gasteiger partial charge >= 0.3 is 0 Å². The molecule has 0 aliphatic carbocycles. The van der Waals surface area contributed by atoms with Gasteiger partial charge in [-0.25, -0.2) is 0 Å². The molecule has 2 N–H and O–H groups in total. The number of rotatable bonds is 7. The van der Waals surface area contributed by atoms with Crippen molar-refractivity contribution in [3.8, 4) is 5.75 Å². The third-order valence-electron chi connectivity index (χ3n) is 5.64. The Kier molecular flexibility index (Phi) is 6.08. The fraction of sp³-hybridized carbons (Fsp3) is 0.478. The van der Waals surface area contributed by atoms with E-state index in [1.165, 1.54) is 0 Å². The minimum atomic E-state index is -1.37. The number of benzene rings is 2. The summed E-state index contributed by atoms with van der Waals surface area (Å²) in [5.74, 6) is -1.73. The molecule has 2 bridgehead atoms. The molecule has 4 atom stereocenters. The van der Waals surface area contributed by atoms with Gasteiger partial charge in [0.15, 0.2) is 0 Å². The lowest BCUT2D eigenvalue weighted by Crippen LogP contribution is -2.58. The van der Waals surface area contributed by atoms with E-state index in [1.807, 2.05) is 50.2 Å². The van der Waals surface area contributed by atoms with Crippen LogP contribution in [0.25, 0.3) is 0 Å². The van der Waals surface area contributed by atoms with E-state index in [-0.39, 0.29) is 13.0 Å². The van der Waals surface area contributed by atoms with Crippen molar-refractivity contribution >= 4 is 11.6 Å². The van der Waals surface area contributed by atoms with Crippen molar-refractivity contribution in [3.63, 3.8) is 0 Å². The van der Waals surface area contributed by atoms with Crippen LogP contribution in [0.4, 0.5) is 0 Å². The second-order valence-electron chi connectivity index (χ2n) is 7.66. The summed E-state index contributed by atoms with van der Waals surface area (Å²) in [7, 11) is 0. The molecule has 0 unspecified atom stereocenters. The molecule has 30 heavy (non-hydrogen) atoms. The molecule has 0 aromatic heterocycles. The number of aliphatic hydroxyl groups is 2. The van der Waals surface area contributed by atoms with E-state index in [9.17, 15) is 10.2 Å². The van der Waals surface area contributed by atoms with Crippen molar-refractivity contribution in [2.45, 2.75) is 50.5 Å². The summed E-state index contributed by atoms with van der Waals surface area (Å²) < 4.78 is 23.3. The standard InChI is InChI=1S/C23H27ClO6/c1-3-27-18-8-5-15(6-9-18)11-16-12-17(7-10-19(16)24)22-13-20(25)21(26)23(30-22,14-29-22)28-4-2/h5-10,12,20-21,25-26H,3-4,11,13-14H2,1-2H3/t20-,21+,22-,23+/m1/s1. The van der Waals surface area contributed by atoms with E-state index in [0.29, 0.717) is 24.7 Å². The normalized spacial score (nSPS) is 30.4. The molecular formula is C23H27ClO6. The van der Waals surface area contributed by atoms with Crippen LogP contribution in [0.5, 0.6) is 5.75 Å². The van der Waals surface area contributed by atoms with Gasteiger partial charge in [0.2, 0.25) is 11.6 Å². The Balaban J connectivity index is 1.61. The molecule has 2 aliphatic rings. The summed E-state index contributed by atoms with van der Waals surface area (Å²) in [6.07, 6.45) is -1.48. The van der Waals surface area contributed by atoms with Gasteiger partial charge in [-0.1, -0.05) is 29.8 Å². The second kappa shape index (κ2) is 8.46. The molecule has 6 nitrogen and oxygen atoms in total. The third kappa shape index (κ3) is 3.84. The van der Waals surface area contributed by atoms with E-state index in [0.717, 1.165) is 22.4 Å². The predicted octanol–water partition coefficient (Wildman–Crippen LogP) is 3.39.